The quantitative estimate of drug-likeness (QED) is 0.0783. The van der Waals surface area contributed by atoms with E-state index < -0.39 is 47.9 Å². The predicted molar refractivity (Wildman–Crippen MR) is 169 cm³/mol. The maximum atomic E-state index is 13.2. The fraction of sp³-hybridized carbons (Fsp3) is 0.273. The molecule has 0 aliphatic rings. The minimum Gasteiger partial charge on any atom is -0.391 e. The number of carbonyl (C=O) groups excluding carboxylic acids is 4. The third-order valence-corrected chi connectivity index (χ3v) is 6.78. The lowest BCUT2D eigenvalue weighted by Crippen LogP contribution is -2.51. The summed E-state index contributed by atoms with van der Waals surface area (Å²) in [6, 6.07) is 19.6. The number of benzene rings is 3. The van der Waals surface area contributed by atoms with Crippen LogP contribution in [0.25, 0.3) is 0 Å². The van der Waals surface area contributed by atoms with Gasteiger partial charge in [-0.05, 0) is 80.4 Å². The van der Waals surface area contributed by atoms with Crippen molar-refractivity contribution >= 4 is 29.3 Å². The van der Waals surface area contributed by atoms with Crippen LogP contribution in [0.1, 0.15) is 46.8 Å². The summed E-state index contributed by atoms with van der Waals surface area (Å²) in [5.74, 6) is 3.65. The van der Waals surface area contributed by atoms with Crippen LogP contribution in [0, 0.1) is 11.8 Å². The van der Waals surface area contributed by atoms with Gasteiger partial charge in [-0.25, -0.2) is 5.48 Å². The van der Waals surface area contributed by atoms with Gasteiger partial charge in [0.2, 0.25) is 11.8 Å². The molecular weight excluding hydrogens is 576 g/mol. The zero-order valence-corrected chi connectivity index (χ0v) is 24.8. The molecule has 0 heterocycles. The van der Waals surface area contributed by atoms with E-state index in [1.54, 1.807) is 36.4 Å². The van der Waals surface area contributed by atoms with Crippen LogP contribution < -0.4 is 32.9 Å². The fourth-order valence-corrected chi connectivity index (χ4v) is 4.22. The molecule has 0 fully saturated rings. The topological polar surface area (TPSA) is 209 Å². The number of nitrogens with two attached hydrogens (primary N) is 2. The Kier molecular flexibility index (Phi) is 13.2. The van der Waals surface area contributed by atoms with Gasteiger partial charge in [0.25, 0.3) is 11.8 Å². The Morgan fingerprint density at radius 1 is 0.822 bits per heavy atom. The zero-order valence-electron chi connectivity index (χ0n) is 24.8. The van der Waals surface area contributed by atoms with Gasteiger partial charge < -0.3 is 32.5 Å². The summed E-state index contributed by atoms with van der Waals surface area (Å²) in [4.78, 5) is 50.0. The van der Waals surface area contributed by atoms with Gasteiger partial charge >= 0.3 is 0 Å². The molecule has 4 amide bonds. The second-order valence-electron chi connectivity index (χ2n) is 10.4. The van der Waals surface area contributed by atoms with Gasteiger partial charge in [0.1, 0.15) is 12.1 Å². The van der Waals surface area contributed by atoms with E-state index in [0.29, 0.717) is 36.2 Å². The normalized spacial score (nSPS) is 13.2. The third kappa shape index (κ3) is 10.9. The average molecular weight is 615 g/mol. The van der Waals surface area contributed by atoms with E-state index in [2.05, 4.69) is 27.8 Å². The minimum atomic E-state index is -1.33. The molecule has 12 nitrogen and oxygen atoms in total. The van der Waals surface area contributed by atoms with Crippen LogP contribution in [0.15, 0.2) is 78.9 Å². The standard InChI is InChI=1S/C33H38N6O6/c1-21(40)29(33(44)39-45)38-30(41)25-15-11-22(12-16-25)9-10-23-13-17-26(18-14-23)36-32(43)28(20-24-6-3-2-4-7-24)37-31(42)27(35)8-5-19-34/h2-4,6-7,11-18,21,27-29,40,45H,5,8,19-20,34-35H2,1H3,(H,36,43)(H,37,42)(H,38,41)(H,39,44)/t21-,27-,28-,29+/m0/s1. The molecule has 0 spiro atoms. The smallest absolute Gasteiger partial charge is 0.268 e. The van der Waals surface area contributed by atoms with Gasteiger partial charge in [-0.1, -0.05) is 42.2 Å². The van der Waals surface area contributed by atoms with Crippen molar-refractivity contribution in [2.24, 2.45) is 11.5 Å². The van der Waals surface area contributed by atoms with E-state index in [1.807, 2.05) is 30.3 Å². The van der Waals surface area contributed by atoms with Crippen molar-refractivity contribution in [2.75, 3.05) is 11.9 Å². The van der Waals surface area contributed by atoms with Gasteiger partial charge in [0.05, 0.1) is 12.1 Å². The summed E-state index contributed by atoms with van der Waals surface area (Å²) in [7, 11) is 0. The first-order valence-electron chi connectivity index (χ1n) is 14.4. The van der Waals surface area contributed by atoms with Crippen LogP contribution in [0.4, 0.5) is 5.69 Å². The van der Waals surface area contributed by atoms with Crippen molar-refractivity contribution in [3.8, 4) is 11.8 Å². The van der Waals surface area contributed by atoms with Crippen LogP contribution in [-0.2, 0) is 20.8 Å². The zero-order chi connectivity index (χ0) is 32.8. The molecule has 0 radical (unpaired) electrons. The number of aliphatic hydroxyl groups excluding tert-OH is 1. The summed E-state index contributed by atoms with van der Waals surface area (Å²) in [5.41, 5.74) is 15.8. The summed E-state index contributed by atoms with van der Waals surface area (Å²) in [6.07, 6.45) is 0.0730. The maximum Gasteiger partial charge on any atom is 0.268 e. The first kappa shape index (κ1) is 34.4. The van der Waals surface area contributed by atoms with Crippen LogP contribution in [0.5, 0.6) is 0 Å². The number of anilines is 1. The molecule has 0 aromatic heterocycles. The van der Waals surface area contributed by atoms with E-state index in [1.165, 1.54) is 24.5 Å². The monoisotopic (exact) mass is 614 g/mol. The Balaban J connectivity index is 1.64. The number of rotatable bonds is 13. The first-order valence-corrected chi connectivity index (χ1v) is 14.4. The molecule has 0 aliphatic carbocycles. The molecular formula is C33H38N6O6. The van der Waals surface area contributed by atoms with Gasteiger partial charge in [-0.3, -0.25) is 24.4 Å². The number of nitrogens with one attached hydrogen (secondary N) is 4. The van der Waals surface area contributed by atoms with E-state index in [-0.39, 0.29) is 12.0 Å². The number of hydrogen-bond donors (Lipinski definition) is 8. The van der Waals surface area contributed by atoms with Crippen molar-refractivity contribution < 1.29 is 29.5 Å². The lowest BCUT2D eigenvalue weighted by molar-refractivity contribution is -0.133. The van der Waals surface area contributed by atoms with Crippen molar-refractivity contribution in [3.05, 3.63) is 101 Å². The van der Waals surface area contributed by atoms with Crippen LogP contribution >= 0.6 is 0 Å². The highest BCUT2D eigenvalue weighted by atomic mass is 16.5. The lowest BCUT2D eigenvalue weighted by Gasteiger charge is -2.21. The van der Waals surface area contributed by atoms with Crippen LogP contribution in [0.2, 0.25) is 0 Å². The molecule has 3 aromatic rings. The average Bonchev–Trinajstić information content (AvgIpc) is 3.05. The summed E-state index contributed by atoms with van der Waals surface area (Å²) in [6.45, 7) is 1.73. The maximum absolute atomic E-state index is 13.2. The van der Waals surface area contributed by atoms with Crippen molar-refractivity contribution in [2.45, 2.75) is 50.4 Å². The molecule has 0 aliphatic heterocycles. The van der Waals surface area contributed by atoms with E-state index in [0.717, 1.165) is 5.56 Å². The van der Waals surface area contributed by atoms with Crippen LogP contribution in [0.3, 0.4) is 0 Å². The first-order chi connectivity index (χ1) is 21.6. The highest BCUT2D eigenvalue weighted by Gasteiger charge is 2.26. The van der Waals surface area contributed by atoms with Gasteiger partial charge in [-0.2, -0.15) is 0 Å². The molecule has 0 unspecified atom stereocenters. The van der Waals surface area contributed by atoms with Crippen molar-refractivity contribution in [1.82, 2.24) is 16.1 Å². The molecule has 0 saturated heterocycles. The van der Waals surface area contributed by atoms with Gasteiger partial charge in [-0.15, -0.1) is 0 Å². The van der Waals surface area contributed by atoms with Crippen molar-refractivity contribution in [1.29, 1.82) is 0 Å². The van der Waals surface area contributed by atoms with E-state index in [9.17, 15) is 24.3 Å². The molecule has 45 heavy (non-hydrogen) atoms. The third-order valence-electron chi connectivity index (χ3n) is 6.78. The van der Waals surface area contributed by atoms with E-state index >= 15 is 0 Å². The Morgan fingerprint density at radius 3 is 1.98 bits per heavy atom. The van der Waals surface area contributed by atoms with Gasteiger partial charge in [0, 0.05) is 28.8 Å². The highest BCUT2D eigenvalue weighted by Crippen LogP contribution is 2.12. The Labute approximate surface area is 261 Å². The minimum absolute atomic E-state index is 0.233. The molecule has 4 atom stereocenters. The molecule has 0 saturated carbocycles. The highest BCUT2D eigenvalue weighted by molar-refractivity contribution is 5.98. The molecule has 236 valence electrons. The molecule has 12 heteroatoms. The predicted octanol–water partition coefficient (Wildman–Crippen LogP) is 0.803. The number of carbonyl (C=O) groups is 4. The van der Waals surface area contributed by atoms with E-state index in [4.69, 9.17) is 16.7 Å². The molecule has 3 aromatic carbocycles. The van der Waals surface area contributed by atoms with Gasteiger partial charge in [0.15, 0.2) is 0 Å². The summed E-state index contributed by atoms with van der Waals surface area (Å²) in [5, 5.41) is 26.5. The summed E-state index contributed by atoms with van der Waals surface area (Å²) < 4.78 is 0. The number of hydrogen-bond acceptors (Lipinski definition) is 8. The summed E-state index contributed by atoms with van der Waals surface area (Å²) >= 11 is 0. The number of aliphatic hydroxyl groups is 1. The second kappa shape index (κ2) is 17.3. The number of hydroxylamine groups is 1. The Morgan fingerprint density at radius 2 is 1.42 bits per heavy atom. The molecule has 0 bridgehead atoms. The molecule has 3 rings (SSSR count). The SMILES string of the molecule is C[C@H](O)[C@@H](NC(=O)c1ccc(C#Cc2ccc(NC(=O)[C@H](Cc3ccccc3)NC(=O)[C@@H](N)CCCN)cc2)cc1)C(=O)NO. The van der Waals surface area contributed by atoms with Crippen molar-refractivity contribution in [3.63, 3.8) is 0 Å². The fourth-order valence-electron chi connectivity index (χ4n) is 4.22. The largest absolute Gasteiger partial charge is 0.391 e. The second-order valence-corrected chi connectivity index (χ2v) is 10.4. The Hall–Kier alpha value is -5.06. The molecule has 10 N–H and O–H groups in total. The number of amides is 4. The lowest BCUT2D eigenvalue weighted by atomic mass is 10.0. The Bertz CT molecular complexity index is 1500. The van der Waals surface area contributed by atoms with Crippen LogP contribution in [-0.4, -0.2) is 64.7 Å².